The average molecular weight is 409 g/mol. The topological polar surface area (TPSA) is 33.1 Å². The Hall–Kier alpha value is -1.65. The van der Waals surface area contributed by atoms with Crippen LogP contribution in [0.1, 0.15) is 71.7 Å². The van der Waals surface area contributed by atoms with E-state index in [9.17, 15) is 0 Å². The lowest BCUT2D eigenvalue weighted by Crippen LogP contribution is -2.39. The molecule has 0 spiro atoms. The van der Waals surface area contributed by atoms with Crippen molar-refractivity contribution in [3.05, 3.63) is 41.2 Å². The minimum atomic E-state index is 0.374. The van der Waals surface area contributed by atoms with Crippen LogP contribution in [0.4, 0.5) is 0 Å². The van der Waals surface area contributed by atoms with Crippen molar-refractivity contribution in [1.82, 2.24) is 19.8 Å². The van der Waals surface area contributed by atoms with Gasteiger partial charge in [-0.2, -0.15) is 0 Å². The number of allylic oxidation sites excluding steroid dienone is 1. The Morgan fingerprint density at radius 3 is 2.67 bits per heavy atom. The van der Waals surface area contributed by atoms with Crippen LogP contribution >= 0.6 is 0 Å². The molecule has 1 saturated heterocycles. The second kappa shape index (κ2) is 9.23. The van der Waals surface area contributed by atoms with Crippen LogP contribution in [0.15, 0.2) is 35.4 Å². The zero-order chi connectivity index (χ0) is 21.1. The van der Waals surface area contributed by atoms with Crippen LogP contribution in [0, 0.1) is 5.41 Å². The first-order valence-corrected chi connectivity index (χ1v) is 12.1. The van der Waals surface area contributed by atoms with Crippen molar-refractivity contribution in [2.24, 2.45) is 5.41 Å². The number of rotatable bonds is 7. The summed E-state index contributed by atoms with van der Waals surface area (Å²) in [7, 11) is 0. The van der Waals surface area contributed by atoms with Gasteiger partial charge in [-0.1, -0.05) is 44.1 Å². The van der Waals surface area contributed by atoms with Gasteiger partial charge in [-0.25, -0.2) is 4.98 Å². The smallest absolute Gasteiger partial charge is 0.111 e. The molecule has 2 aliphatic rings. The van der Waals surface area contributed by atoms with Crippen molar-refractivity contribution in [1.29, 1.82) is 0 Å². The second-order valence-corrected chi connectivity index (χ2v) is 9.99. The zero-order valence-electron chi connectivity index (χ0n) is 19.5. The summed E-state index contributed by atoms with van der Waals surface area (Å²) in [5.41, 5.74) is 6.20. The fourth-order valence-electron chi connectivity index (χ4n) is 5.64. The van der Waals surface area contributed by atoms with E-state index in [0.29, 0.717) is 11.5 Å². The molecule has 0 unspecified atom stereocenters. The number of nitrogens with zero attached hydrogens (tertiary/aromatic N) is 3. The van der Waals surface area contributed by atoms with E-state index in [1.165, 1.54) is 63.1 Å². The van der Waals surface area contributed by atoms with E-state index in [2.05, 4.69) is 66.7 Å². The van der Waals surface area contributed by atoms with Crippen LogP contribution in [0.5, 0.6) is 0 Å². The summed E-state index contributed by atoms with van der Waals surface area (Å²) in [5, 5.41) is 3.47. The molecule has 0 saturated carbocycles. The lowest BCUT2D eigenvalue weighted by Gasteiger charge is -2.40. The van der Waals surface area contributed by atoms with Crippen LogP contribution in [0.3, 0.4) is 0 Å². The fourth-order valence-corrected chi connectivity index (χ4v) is 5.64. The first-order valence-electron chi connectivity index (χ1n) is 12.1. The average Bonchev–Trinajstić information content (AvgIpc) is 3.10. The summed E-state index contributed by atoms with van der Waals surface area (Å²) in [6.45, 7) is 15.0. The maximum atomic E-state index is 5.00. The van der Waals surface area contributed by atoms with Crippen LogP contribution < -0.4 is 5.32 Å². The summed E-state index contributed by atoms with van der Waals surface area (Å²) >= 11 is 0. The standard InChI is InChI=1S/C26H40N4/c1-5-27-16-12-25-28-23-10-6-7-11-24(23)30(25)21-13-17-29(18-14-21)19-22-20(2)9-8-15-26(22,3)4/h6-7,10-11,21,27H,5,8-9,12-19H2,1-4H3. The van der Waals surface area contributed by atoms with Crippen molar-refractivity contribution in [3.8, 4) is 0 Å². The van der Waals surface area contributed by atoms with Crippen molar-refractivity contribution in [3.63, 3.8) is 0 Å². The Balaban J connectivity index is 1.47. The highest BCUT2D eigenvalue weighted by molar-refractivity contribution is 5.76. The molecule has 0 amide bonds. The lowest BCUT2D eigenvalue weighted by atomic mass is 9.72. The van der Waals surface area contributed by atoms with E-state index in [-0.39, 0.29) is 0 Å². The highest BCUT2D eigenvalue weighted by atomic mass is 15.2. The van der Waals surface area contributed by atoms with E-state index in [1.54, 1.807) is 11.1 Å². The molecule has 4 nitrogen and oxygen atoms in total. The number of benzene rings is 1. The van der Waals surface area contributed by atoms with Gasteiger partial charge in [0.15, 0.2) is 0 Å². The van der Waals surface area contributed by atoms with Gasteiger partial charge in [-0.15, -0.1) is 0 Å². The molecule has 4 rings (SSSR count). The minimum absolute atomic E-state index is 0.374. The molecule has 0 radical (unpaired) electrons. The number of nitrogens with one attached hydrogen (secondary N) is 1. The molecule has 1 fully saturated rings. The van der Waals surface area contributed by atoms with Gasteiger partial charge in [-0.05, 0) is 63.1 Å². The number of likely N-dealkylation sites (N-methyl/N-ethyl adjacent to an activating group) is 1. The largest absolute Gasteiger partial charge is 0.325 e. The quantitative estimate of drug-likeness (QED) is 0.495. The Bertz CT molecular complexity index is 884. The van der Waals surface area contributed by atoms with Gasteiger partial charge in [0.1, 0.15) is 5.82 Å². The molecule has 1 N–H and O–H groups in total. The first-order chi connectivity index (χ1) is 14.5. The van der Waals surface area contributed by atoms with E-state index in [0.717, 1.165) is 25.0 Å². The normalized spacial score (nSPS) is 20.9. The maximum absolute atomic E-state index is 5.00. The molecule has 1 aromatic heterocycles. The van der Waals surface area contributed by atoms with Gasteiger partial charge < -0.3 is 9.88 Å². The van der Waals surface area contributed by atoms with Crippen LogP contribution in [0.25, 0.3) is 11.0 Å². The van der Waals surface area contributed by atoms with E-state index in [4.69, 9.17) is 4.98 Å². The number of para-hydroxylation sites is 2. The molecule has 0 atom stereocenters. The molecule has 2 aromatic rings. The minimum Gasteiger partial charge on any atom is -0.325 e. The number of fused-ring (bicyclic) bond motifs is 1. The molecule has 2 heterocycles. The zero-order valence-corrected chi connectivity index (χ0v) is 19.5. The lowest BCUT2D eigenvalue weighted by molar-refractivity contribution is 0.185. The number of hydrogen-bond acceptors (Lipinski definition) is 3. The number of hydrogen-bond donors (Lipinski definition) is 1. The Kier molecular flexibility index (Phi) is 6.64. The second-order valence-electron chi connectivity index (χ2n) is 9.99. The van der Waals surface area contributed by atoms with Gasteiger partial charge in [0.05, 0.1) is 11.0 Å². The van der Waals surface area contributed by atoms with Crippen molar-refractivity contribution < 1.29 is 0 Å². The van der Waals surface area contributed by atoms with Crippen molar-refractivity contribution in [2.75, 3.05) is 32.7 Å². The molecule has 0 bridgehead atoms. The summed E-state index contributed by atoms with van der Waals surface area (Å²) in [6, 6.07) is 9.25. The molecular weight excluding hydrogens is 368 g/mol. The molecule has 1 aliphatic heterocycles. The summed E-state index contributed by atoms with van der Waals surface area (Å²) in [6.07, 6.45) is 7.44. The van der Waals surface area contributed by atoms with Gasteiger partial charge >= 0.3 is 0 Å². The van der Waals surface area contributed by atoms with Crippen LogP contribution in [-0.4, -0.2) is 47.2 Å². The summed E-state index contributed by atoms with van der Waals surface area (Å²) < 4.78 is 2.57. The molecule has 4 heteroatoms. The van der Waals surface area contributed by atoms with Gasteiger partial charge in [-0.3, -0.25) is 4.90 Å². The number of piperidine rings is 1. The van der Waals surface area contributed by atoms with Crippen molar-refractivity contribution in [2.45, 2.75) is 72.3 Å². The summed E-state index contributed by atoms with van der Waals surface area (Å²) in [5.74, 6) is 1.25. The van der Waals surface area contributed by atoms with Gasteiger partial charge in [0.2, 0.25) is 0 Å². The fraction of sp³-hybridized carbons (Fsp3) is 0.654. The molecule has 1 aromatic carbocycles. The number of imidazole rings is 1. The summed E-state index contributed by atoms with van der Waals surface area (Å²) in [4.78, 5) is 7.71. The highest BCUT2D eigenvalue weighted by Gasteiger charge is 2.31. The third kappa shape index (κ3) is 4.50. The number of likely N-dealkylation sites (tertiary alicyclic amines) is 1. The Morgan fingerprint density at radius 2 is 1.93 bits per heavy atom. The molecule has 1 aliphatic carbocycles. The van der Waals surface area contributed by atoms with E-state index < -0.39 is 0 Å². The highest BCUT2D eigenvalue weighted by Crippen LogP contribution is 2.41. The molecule has 164 valence electrons. The van der Waals surface area contributed by atoms with Crippen molar-refractivity contribution >= 4 is 11.0 Å². The predicted octanol–water partition coefficient (Wildman–Crippen LogP) is 5.35. The molecular formula is C26H40N4. The molecule has 30 heavy (non-hydrogen) atoms. The predicted molar refractivity (Wildman–Crippen MR) is 127 cm³/mol. The van der Waals surface area contributed by atoms with Gasteiger partial charge in [0, 0.05) is 38.6 Å². The first kappa shape index (κ1) is 21.6. The van der Waals surface area contributed by atoms with E-state index in [1.807, 2.05) is 0 Å². The maximum Gasteiger partial charge on any atom is 0.111 e. The monoisotopic (exact) mass is 408 g/mol. The van der Waals surface area contributed by atoms with E-state index >= 15 is 0 Å². The van der Waals surface area contributed by atoms with Crippen LogP contribution in [-0.2, 0) is 6.42 Å². The third-order valence-electron chi connectivity index (χ3n) is 7.43. The SMILES string of the molecule is CCNCCc1nc2ccccc2n1C1CCN(CC2=C(C)CCCC2(C)C)CC1. The number of aromatic nitrogens is 2. The Labute approximate surface area is 182 Å². The van der Waals surface area contributed by atoms with Crippen LogP contribution in [0.2, 0.25) is 0 Å². The Morgan fingerprint density at radius 1 is 1.17 bits per heavy atom. The van der Waals surface area contributed by atoms with Gasteiger partial charge in [0.25, 0.3) is 0 Å². The third-order valence-corrected chi connectivity index (χ3v) is 7.43.